The second-order valence-corrected chi connectivity index (χ2v) is 10.6. The van der Waals surface area contributed by atoms with E-state index in [9.17, 15) is 13.2 Å². The first kappa shape index (κ1) is 24.7. The van der Waals surface area contributed by atoms with E-state index in [1.807, 2.05) is 0 Å². The van der Waals surface area contributed by atoms with Crippen molar-refractivity contribution in [3.05, 3.63) is 89.5 Å². The molecule has 1 amide bonds. The molecule has 8 heteroatoms. The Bertz CT molecular complexity index is 1180. The average molecular weight is 485 g/mol. The summed E-state index contributed by atoms with van der Waals surface area (Å²) in [6.45, 7) is 2.63. The maximum Gasteiger partial charge on any atom is 0.264 e. The van der Waals surface area contributed by atoms with Crippen LogP contribution in [0.25, 0.3) is 0 Å². The number of nitrogens with zero attached hydrogens (tertiary/aromatic N) is 1. The number of carbonyl (C=O) groups is 1. The number of benzene rings is 3. The molecule has 0 radical (unpaired) electrons. The second-order valence-electron chi connectivity index (χ2n) is 7.49. The van der Waals surface area contributed by atoms with Gasteiger partial charge in [0.1, 0.15) is 5.75 Å². The number of anilines is 1. The lowest BCUT2D eigenvalue weighted by Gasteiger charge is -2.20. The number of amides is 1. The van der Waals surface area contributed by atoms with E-state index in [2.05, 4.69) is 36.5 Å². The molecule has 0 bridgehead atoms. The summed E-state index contributed by atoms with van der Waals surface area (Å²) < 4.78 is 32.0. The highest BCUT2D eigenvalue weighted by Gasteiger charge is 2.21. The molecule has 0 saturated heterocycles. The van der Waals surface area contributed by atoms with Crippen molar-refractivity contribution in [2.24, 2.45) is 0 Å². The number of sulfonamides is 1. The van der Waals surface area contributed by atoms with Gasteiger partial charge in [0.05, 0.1) is 17.7 Å². The highest BCUT2D eigenvalue weighted by molar-refractivity contribution is 7.98. The molecule has 0 aliphatic rings. The summed E-state index contributed by atoms with van der Waals surface area (Å²) in [5, 5.41) is 2.91. The molecule has 3 rings (SSSR count). The highest BCUT2D eigenvalue weighted by Crippen LogP contribution is 2.24. The zero-order valence-corrected chi connectivity index (χ0v) is 20.6. The molecule has 0 atom stereocenters. The molecule has 0 unspecified atom stereocenters. The van der Waals surface area contributed by atoms with Gasteiger partial charge < -0.3 is 10.1 Å². The Balaban J connectivity index is 1.52. The molecule has 3 aromatic carbocycles. The third kappa shape index (κ3) is 6.52. The zero-order valence-electron chi connectivity index (χ0n) is 18.9. The van der Waals surface area contributed by atoms with Crippen LogP contribution >= 0.6 is 11.8 Å². The second kappa shape index (κ2) is 11.2. The SMILES string of the molecule is COc1ccc(S(=O)(=O)N(C)c2ccc(C(=O)NCCSCc3cccc(C)c3)cc2)cc1. The van der Waals surface area contributed by atoms with Crippen molar-refractivity contribution in [2.45, 2.75) is 17.6 Å². The standard InChI is InChI=1S/C25H28N2O4S2/c1-19-5-4-6-20(17-19)18-32-16-15-26-25(28)21-7-9-22(10-8-21)27(2)33(29,30)24-13-11-23(31-3)12-14-24/h4-14,17H,15-16,18H2,1-3H3,(H,26,28). The molecular formula is C25H28N2O4S2. The molecule has 33 heavy (non-hydrogen) atoms. The number of methoxy groups -OCH3 is 1. The molecule has 0 aliphatic carbocycles. The number of ether oxygens (including phenoxy) is 1. The summed E-state index contributed by atoms with van der Waals surface area (Å²) in [4.78, 5) is 12.6. The van der Waals surface area contributed by atoms with Crippen LogP contribution < -0.4 is 14.4 Å². The predicted octanol–water partition coefficient (Wildman–Crippen LogP) is 4.49. The number of rotatable bonds is 10. The molecule has 3 aromatic rings. The first-order chi connectivity index (χ1) is 15.8. The van der Waals surface area contributed by atoms with Crippen LogP contribution in [-0.4, -0.2) is 40.8 Å². The Morgan fingerprint density at radius 1 is 1.03 bits per heavy atom. The van der Waals surface area contributed by atoms with Gasteiger partial charge in [-0.05, 0) is 61.0 Å². The van der Waals surface area contributed by atoms with Gasteiger partial charge in [-0.2, -0.15) is 11.8 Å². The number of hydrogen-bond acceptors (Lipinski definition) is 5. The van der Waals surface area contributed by atoms with E-state index in [1.165, 1.54) is 41.7 Å². The molecule has 0 fully saturated rings. The van der Waals surface area contributed by atoms with Gasteiger partial charge >= 0.3 is 0 Å². The van der Waals surface area contributed by atoms with E-state index >= 15 is 0 Å². The van der Waals surface area contributed by atoms with Gasteiger partial charge in [0.2, 0.25) is 0 Å². The largest absolute Gasteiger partial charge is 0.497 e. The van der Waals surface area contributed by atoms with Crippen molar-refractivity contribution in [3.63, 3.8) is 0 Å². The summed E-state index contributed by atoms with van der Waals surface area (Å²) in [7, 11) is -0.710. The van der Waals surface area contributed by atoms with E-state index in [-0.39, 0.29) is 10.8 Å². The van der Waals surface area contributed by atoms with Gasteiger partial charge in [0, 0.05) is 30.7 Å². The van der Waals surface area contributed by atoms with Crippen molar-refractivity contribution >= 4 is 33.4 Å². The third-order valence-corrected chi connectivity index (χ3v) is 7.92. The molecule has 174 valence electrons. The molecule has 1 N–H and O–H groups in total. The molecule has 0 heterocycles. The van der Waals surface area contributed by atoms with Crippen LogP contribution in [0.4, 0.5) is 5.69 Å². The van der Waals surface area contributed by atoms with Crippen LogP contribution in [0, 0.1) is 6.92 Å². The predicted molar refractivity (Wildman–Crippen MR) is 135 cm³/mol. The van der Waals surface area contributed by atoms with Crippen LogP contribution in [0.5, 0.6) is 5.75 Å². The minimum Gasteiger partial charge on any atom is -0.497 e. The van der Waals surface area contributed by atoms with Crippen LogP contribution in [0.2, 0.25) is 0 Å². The fraction of sp³-hybridized carbons (Fsp3) is 0.240. The maximum absolute atomic E-state index is 12.9. The minimum absolute atomic E-state index is 0.163. The smallest absolute Gasteiger partial charge is 0.264 e. The molecular weight excluding hydrogens is 456 g/mol. The van der Waals surface area contributed by atoms with Crippen molar-refractivity contribution in [2.75, 3.05) is 30.8 Å². The van der Waals surface area contributed by atoms with Gasteiger partial charge in [-0.3, -0.25) is 9.10 Å². The normalized spacial score (nSPS) is 11.1. The fourth-order valence-corrected chi connectivity index (χ4v) is 5.20. The van der Waals surface area contributed by atoms with Crippen LogP contribution in [0.15, 0.2) is 77.7 Å². The lowest BCUT2D eigenvalue weighted by atomic mass is 10.2. The summed E-state index contributed by atoms with van der Waals surface area (Å²) in [5.74, 6) is 2.11. The lowest BCUT2D eigenvalue weighted by molar-refractivity contribution is 0.0956. The van der Waals surface area contributed by atoms with Crippen molar-refractivity contribution in [1.29, 1.82) is 0 Å². The molecule has 0 aliphatic heterocycles. The van der Waals surface area contributed by atoms with Crippen molar-refractivity contribution in [1.82, 2.24) is 5.32 Å². The van der Waals surface area contributed by atoms with Gasteiger partial charge in [-0.1, -0.05) is 29.8 Å². The van der Waals surface area contributed by atoms with Crippen molar-refractivity contribution < 1.29 is 17.9 Å². The van der Waals surface area contributed by atoms with E-state index in [0.717, 1.165) is 11.5 Å². The topological polar surface area (TPSA) is 75.7 Å². The fourth-order valence-electron chi connectivity index (χ4n) is 3.20. The van der Waals surface area contributed by atoms with E-state index in [0.29, 0.717) is 23.5 Å². The monoisotopic (exact) mass is 484 g/mol. The third-order valence-electron chi connectivity index (χ3n) is 5.09. The number of aryl methyl sites for hydroxylation is 1. The number of carbonyl (C=O) groups excluding carboxylic acids is 1. The van der Waals surface area contributed by atoms with Gasteiger partial charge in [-0.25, -0.2) is 8.42 Å². The Hall–Kier alpha value is -2.97. The quantitative estimate of drug-likeness (QED) is 0.429. The first-order valence-corrected chi connectivity index (χ1v) is 13.1. The number of hydrogen-bond donors (Lipinski definition) is 1. The van der Waals surface area contributed by atoms with Gasteiger partial charge in [-0.15, -0.1) is 0 Å². The first-order valence-electron chi connectivity index (χ1n) is 10.5. The maximum atomic E-state index is 12.9. The zero-order chi connectivity index (χ0) is 23.8. The van der Waals surface area contributed by atoms with Gasteiger partial charge in [0.25, 0.3) is 15.9 Å². The average Bonchev–Trinajstić information content (AvgIpc) is 2.83. The molecule has 6 nitrogen and oxygen atoms in total. The van der Waals surface area contributed by atoms with Gasteiger partial charge in [0.15, 0.2) is 0 Å². The molecule has 0 spiro atoms. The molecule has 0 saturated carbocycles. The Labute approximate surface area is 200 Å². The van der Waals surface area contributed by atoms with E-state index < -0.39 is 10.0 Å². The Morgan fingerprint density at radius 3 is 2.36 bits per heavy atom. The number of thioether (sulfide) groups is 1. The highest BCUT2D eigenvalue weighted by atomic mass is 32.2. The summed E-state index contributed by atoms with van der Waals surface area (Å²) >= 11 is 1.77. The van der Waals surface area contributed by atoms with E-state index in [4.69, 9.17) is 4.74 Å². The lowest BCUT2D eigenvalue weighted by Crippen LogP contribution is -2.27. The minimum atomic E-state index is -3.72. The molecule has 0 aromatic heterocycles. The van der Waals surface area contributed by atoms with Crippen LogP contribution in [0.3, 0.4) is 0 Å². The number of nitrogens with one attached hydrogen (secondary N) is 1. The van der Waals surface area contributed by atoms with Crippen LogP contribution in [0.1, 0.15) is 21.5 Å². The summed E-state index contributed by atoms with van der Waals surface area (Å²) in [6, 6.07) is 21.1. The summed E-state index contributed by atoms with van der Waals surface area (Å²) in [6.07, 6.45) is 0. The Kier molecular flexibility index (Phi) is 8.41. The summed E-state index contributed by atoms with van der Waals surface area (Å²) in [5.41, 5.74) is 3.47. The van der Waals surface area contributed by atoms with Crippen molar-refractivity contribution in [3.8, 4) is 5.75 Å². The van der Waals surface area contributed by atoms with Crippen LogP contribution in [-0.2, 0) is 15.8 Å². The van der Waals surface area contributed by atoms with E-state index in [1.54, 1.807) is 48.2 Å². The Morgan fingerprint density at radius 2 is 1.73 bits per heavy atom.